The highest BCUT2D eigenvalue weighted by atomic mass is 16.6. The fraction of sp³-hybridized carbons (Fsp3) is 0.440. The van der Waals surface area contributed by atoms with E-state index in [0.29, 0.717) is 24.4 Å². The van der Waals surface area contributed by atoms with Crippen LogP contribution in [0.25, 0.3) is 16.3 Å². The highest BCUT2D eigenvalue weighted by Crippen LogP contribution is 2.28. The van der Waals surface area contributed by atoms with Gasteiger partial charge in [0.1, 0.15) is 36.0 Å². The van der Waals surface area contributed by atoms with Crippen LogP contribution in [0.4, 0.5) is 5.69 Å². The molecule has 186 valence electrons. The summed E-state index contributed by atoms with van der Waals surface area (Å²) in [6.07, 6.45) is -5.98. The standard InChI is InChI=1S/C25H29N3O7/c1-14(19(12-26)24(32)27-21-23(31)22(30)20(13-29)35-25(21)33)15-2-3-17-11-18(5-4-16(17)10-15)28-6-8-34-9-7-28/h2-5,10-11,20-23,25,29-31,33H,6-9,13H2,1H3,(H,27,32)/b19-14+/t20-,21-,22-,23-,25?/m1/s1. The SMILES string of the molecule is C/C(=C(/C#N)C(=O)N[C@H]1C(O)O[C@H](CO)[C@@H](O)[C@@H]1O)c1ccc2cc(N3CCOCC3)ccc2c1. The molecular weight excluding hydrogens is 454 g/mol. The molecule has 1 amide bonds. The lowest BCUT2D eigenvalue weighted by Gasteiger charge is -2.40. The normalized spacial score (nSPS) is 27.8. The number of hydrogen-bond acceptors (Lipinski definition) is 9. The summed E-state index contributed by atoms with van der Waals surface area (Å²) in [5, 5.41) is 53.7. The molecule has 2 aliphatic heterocycles. The average Bonchev–Trinajstić information content (AvgIpc) is 2.88. The largest absolute Gasteiger partial charge is 0.394 e. The summed E-state index contributed by atoms with van der Waals surface area (Å²) < 4.78 is 10.5. The zero-order valence-electron chi connectivity index (χ0n) is 19.3. The number of ether oxygens (including phenoxy) is 2. The molecule has 0 spiro atoms. The van der Waals surface area contributed by atoms with Gasteiger partial charge in [-0.2, -0.15) is 5.26 Å². The Bertz CT molecular complexity index is 1160. The predicted octanol–water partition coefficient (Wildman–Crippen LogP) is -0.110. The number of hydrogen-bond donors (Lipinski definition) is 5. The molecule has 10 nitrogen and oxygen atoms in total. The molecule has 10 heteroatoms. The quantitative estimate of drug-likeness (QED) is 0.289. The molecule has 4 rings (SSSR count). The molecule has 1 unspecified atom stereocenters. The van der Waals surface area contributed by atoms with Crippen molar-refractivity contribution < 1.29 is 34.7 Å². The van der Waals surface area contributed by atoms with Crippen molar-refractivity contribution in [2.24, 2.45) is 0 Å². The van der Waals surface area contributed by atoms with E-state index in [1.165, 1.54) is 0 Å². The first kappa shape index (κ1) is 25.1. The van der Waals surface area contributed by atoms with Gasteiger partial charge in [0.15, 0.2) is 6.29 Å². The van der Waals surface area contributed by atoms with Crippen molar-refractivity contribution in [3.63, 3.8) is 0 Å². The van der Waals surface area contributed by atoms with Crippen molar-refractivity contribution >= 4 is 27.9 Å². The second-order valence-corrected chi connectivity index (χ2v) is 8.69. The summed E-state index contributed by atoms with van der Waals surface area (Å²) in [4.78, 5) is 15.1. The Labute approximate surface area is 202 Å². The van der Waals surface area contributed by atoms with Gasteiger partial charge in [0.05, 0.1) is 19.8 Å². The number of aliphatic hydroxyl groups is 4. The van der Waals surface area contributed by atoms with Crippen molar-refractivity contribution in [2.45, 2.75) is 37.6 Å². The number of morpholine rings is 1. The number of rotatable bonds is 5. The molecular formula is C25H29N3O7. The second kappa shape index (κ2) is 10.7. The molecule has 2 fully saturated rings. The maximum Gasteiger partial charge on any atom is 0.262 e. The monoisotopic (exact) mass is 483 g/mol. The number of benzene rings is 2. The number of nitrogens with one attached hydrogen (secondary N) is 1. The number of carbonyl (C=O) groups excluding carboxylic acids is 1. The number of allylic oxidation sites excluding steroid dienone is 1. The number of anilines is 1. The van der Waals surface area contributed by atoms with E-state index in [-0.39, 0.29) is 5.57 Å². The number of nitriles is 1. The lowest BCUT2D eigenvalue weighted by Crippen LogP contribution is -2.64. The Kier molecular flexibility index (Phi) is 7.66. The van der Waals surface area contributed by atoms with Gasteiger partial charge in [0, 0.05) is 18.8 Å². The van der Waals surface area contributed by atoms with Gasteiger partial charge in [0.25, 0.3) is 5.91 Å². The smallest absolute Gasteiger partial charge is 0.262 e. The Morgan fingerprint density at radius 2 is 1.80 bits per heavy atom. The van der Waals surface area contributed by atoms with Gasteiger partial charge in [-0.25, -0.2) is 0 Å². The molecule has 0 radical (unpaired) electrons. The third-order valence-corrected chi connectivity index (χ3v) is 6.54. The van der Waals surface area contributed by atoms with Gasteiger partial charge in [0.2, 0.25) is 0 Å². The van der Waals surface area contributed by atoms with Crippen LogP contribution in [-0.2, 0) is 14.3 Å². The highest BCUT2D eigenvalue weighted by molar-refractivity contribution is 6.05. The Morgan fingerprint density at radius 3 is 2.49 bits per heavy atom. The number of carbonyl (C=O) groups is 1. The zero-order chi connectivity index (χ0) is 25.1. The first-order chi connectivity index (χ1) is 16.8. The van der Waals surface area contributed by atoms with Gasteiger partial charge in [-0.15, -0.1) is 0 Å². The van der Waals surface area contributed by atoms with E-state index in [2.05, 4.69) is 16.3 Å². The number of nitrogens with zero attached hydrogens (tertiary/aromatic N) is 2. The molecule has 5 atom stereocenters. The van der Waals surface area contributed by atoms with Crippen LogP contribution in [0.1, 0.15) is 12.5 Å². The van der Waals surface area contributed by atoms with Crippen LogP contribution in [0.2, 0.25) is 0 Å². The molecule has 0 aromatic heterocycles. The van der Waals surface area contributed by atoms with Crippen LogP contribution < -0.4 is 10.2 Å². The third kappa shape index (κ3) is 5.16. The van der Waals surface area contributed by atoms with Crippen LogP contribution in [0.5, 0.6) is 0 Å². The number of amides is 1. The van der Waals surface area contributed by atoms with E-state index in [9.17, 15) is 30.5 Å². The molecule has 5 N–H and O–H groups in total. The summed E-state index contributed by atoms with van der Waals surface area (Å²) in [6.45, 7) is 4.08. The number of aliphatic hydroxyl groups excluding tert-OH is 4. The number of fused-ring (bicyclic) bond motifs is 1. The topological polar surface area (TPSA) is 156 Å². The van der Waals surface area contributed by atoms with E-state index < -0.39 is 43.2 Å². The van der Waals surface area contributed by atoms with E-state index in [1.807, 2.05) is 36.4 Å². The van der Waals surface area contributed by atoms with E-state index >= 15 is 0 Å². The second-order valence-electron chi connectivity index (χ2n) is 8.69. The maximum atomic E-state index is 12.9. The van der Waals surface area contributed by atoms with Gasteiger partial charge >= 0.3 is 0 Å². The molecule has 2 heterocycles. The Morgan fingerprint density at radius 1 is 1.11 bits per heavy atom. The summed E-state index contributed by atoms with van der Waals surface area (Å²) in [5.41, 5.74) is 1.99. The summed E-state index contributed by atoms with van der Waals surface area (Å²) in [6, 6.07) is 12.3. The predicted molar refractivity (Wildman–Crippen MR) is 127 cm³/mol. The minimum atomic E-state index is -1.67. The summed E-state index contributed by atoms with van der Waals surface area (Å²) >= 11 is 0. The van der Waals surface area contributed by atoms with E-state index in [0.717, 1.165) is 29.5 Å². The molecule has 2 aliphatic rings. The molecule has 2 aromatic carbocycles. The van der Waals surface area contributed by atoms with Gasteiger partial charge in [-0.3, -0.25) is 4.79 Å². The van der Waals surface area contributed by atoms with Crippen LogP contribution in [-0.4, -0.2) is 89.9 Å². The summed E-state index contributed by atoms with van der Waals surface area (Å²) in [7, 11) is 0. The van der Waals surface area contributed by atoms with Crippen molar-refractivity contribution in [2.75, 3.05) is 37.8 Å². The zero-order valence-corrected chi connectivity index (χ0v) is 19.3. The highest BCUT2D eigenvalue weighted by Gasteiger charge is 2.44. The first-order valence-corrected chi connectivity index (χ1v) is 11.4. The third-order valence-electron chi connectivity index (χ3n) is 6.54. The molecule has 35 heavy (non-hydrogen) atoms. The van der Waals surface area contributed by atoms with Crippen LogP contribution in [0.3, 0.4) is 0 Å². The van der Waals surface area contributed by atoms with Crippen molar-refractivity contribution in [3.05, 3.63) is 47.5 Å². The Hall–Kier alpha value is -3.04. The minimum absolute atomic E-state index is 0.201. The fourth-order valence-corrected chi connectivity index (χ4v) is 4.41. The van der Waals surface area contributed by atoms with E-state index in [1.54, 1.807) is 6.92 Å². The molecule has 0 saturated carbocycles. The first-order valence-electron chi connectivity index (χ1n) is 11.4. The fourth-order valence-electron chi connectivity index (χ4n) is 4.41. The van der Waals surface area contributed by atoms with Crippen molar-refractivity contribution in [3.8, 4) is 6.07 Å². The van der Waals surface area contributed by atoms with Crippen LogP contribution in [0, 0.1) is 11.3 Å². The van der Waals surface area contributed by atoms with Gasteiger partial charge in [-0.05, 0) is 47.0 Å². The lowest BCUT2D eigenvalue weighted by molar-refractivity contribution is -0.253. The molecule has 0 aliphatic carbocycles. The van der Waals surface area contributed by atoms with Gasteiger partial charge < -0.3 is 40.1 Å². The molecule has 2 saturated heterocycles. The lowest BCUT2D eigenvalue weighted by atomic mass is 9.95. The minimum Gasteiger partial charge on any atom is -0.394 e. The Balaban J connectivity index is 1.55. The maximum absolute atomic E-state index is 12.9. The average molecular weight is 484 g/mol. The van der Waals surface area contributed by atoms with Crippen LogP contribution >= 0.6 is 0 Å². The molecule has 0 bridgehead atoms. The van der Waals surface area contributed by atoms with Gasteiger partial charge in [-0.1, -0.05) is 18.2 Å². The van der Waals surface area contributed by atoms with Crippen molar-refractivity contribution in [1.82, 2.24) is 5.32 Å². The van der Waals surface area contributed by atoms with Crippen molar-refractivity contribution in [1.29, 1.82) is 5.26 Å². The van der Waals surface area contributed by atoms with E-state index in [4.69, 9.17) is 9.47 Å². The molecule has 2 aromatic rings. The van der Waals surface area contributed by atoms with Crippen LogP contribution in [0.15, 0.2) is 42.0 Å². The summed E-state index contributed by atoms with van der Waals surface area (Å²) in [5.74, 6) is -0.825.